The van der Waals surface area contributed by atoms with Crippen LogP contribution in [0, 0.1) is 19.8 Å². The van der Waals surface area contributed by atoms with Gasteiger partial charge in [0.05, 0.1) is 6.61 Å². The predicted octanol–water partition coefficient (Wildman–Crippen LogP) is 3.69. The van der Waals surface area contributed by atoms with E-state index in [0.717, 1.165) is 24.8 Å². The van der Waals surface area contributed by atoms with Crippen molar-refractivity contribution >= 4 is 0 Å². The zero-order chi connectivity index (χ0) is 13.5. The van der Waals surface area contributed by atoms with Gasteiger partial charge in [-0.3, -0.25) is 0 Å². The summed E-state index contributed by atoms with van der Waals surface area (Å²) in [5.41, 5.74) is 4.09. The van der Waals surface area contributed by atoms with Gasteiger partial charge in [0.2, 0.25) is 0 Å². The second kappa shape index (κ2) is 4.82. The zero-order valence-electron chi connectivity index (χ0n) is 12.4. The Balaban J connectivity index is 1.94. The molecule has 1 saturated carbocycles. The Hall–Kier alpha value is -1.02. The SMILES string of the molecule is Cc1ccc(C2(C)CCCN2)c(OCC2CC2)c1C. The Morgan fingerprint density at radius 2 is 2.11 bits per heavy atom. The van der Waals surface area contributed by atoms with Crippen molar-refractivity contribution in [3.05, 3.63) is 28.8 Å². The van der Waals surface area contributed by atoms with Gasteiger partial charge in [0, 0.05) is 11.1 Å². The highest BCUT2D eigenvalue weighted by molar-refractivity contribution is 5.49. The first kappa shape index (κ1) is 13.0. The summed E-state index contributed by atoms with van der Waals surface area (Å²) in [5.74, 6) is 1.95. The molecule has 104 valence electrons. The van der Waals surface area contributed by atoms with Crippen molar-refractivity contribution in [3.8, 4) is 5.75 Å². The van der Waals surface area contributed by atoms with E-state index >= 15 is 0 Å². The van der Waals surface area contributed by atoms with E-state index in [4.69, 9.17) is 4.74 Å². The fraction of sp³-hybridized carbons (Fsp3) is 0.647. The van der Waals surface area contributed by atoms with Crippen molar-refractivity contribution in [3.63, 3.8) is 0 Å². The summed E-state index contributed by atoms with van der Waals surface area (Å²) >= 11 is 0. The van der Waals surface area contributed by atoms with Crippen LogP contribution >= 0.6 is 0 Å². The first-order valence-electron chi connectivity index (χ1n) is 7.59. The minimum absolute atomic E-state index is 0.0946. The van der Waals surface area contributed by atoms with Gasteiger partial charge in [0.1, 0.15) is 5.75 Å². The standard InChI is InChI=1S/C17H25NO/c1-12-5-8-15(17(3)9-4-10-18-17)16(13(12)2)19-11-14-6-7-14/h5,8,14,18H,4,6-7,9-11H2,1-3H3. The second-order valence-corrected chi connectivity index (χ2v) is 6.50. The molecule has 1 heterocycles. The number of hydrogen-bond donors (Lipinski definition) is 1. The first-order chi connectivity index (χ1) is 9.10. The van der Waals surface area contributed by atoms with Crippen molar-refractivity contribution in [2.75, 3.05) is 13.2 Å². The monoisotopic (exact) mass is 259 g/mol. The number of nitrogens with one attached hydrogen (secondary N) is 1. The summed E-state index contributed by atoms with van der Waals surface area (Å²) in [6.45, 7) is 8.69. The number of ether oxygens (including phenoxy) is 1. The lowest BCUT2D eigenvalue weighted by molar-refractivity contribution is 0.283. The van der Waals surface area contributed by atoms with E-state index in [0.29, 0.717) is 0 Å². The summed E-state index contributed by atoms with van der Waals surface area (Å²) in [5, 5.41) is 3.66. The van der Waals surface area contributed by atoms with Gasteiger partial charge >= 0.3 is 0 Å². The van der Waals surface area contributed by atoms with E-state index in [1.807, 2.05) is 0 Å². The molecule has 1 N–H and O–H groups in total. The highest BCUT2D eigenvalue weighted by Crippen LogP contribution is 2.40. The van der Waals surface area contributed by atoms with Crippen LogP contribution in [0.3, 0.4) is 0 Å². The van der Waals surface area contributed by atoms with Crippen molar-refractivity contribution in [1.82, 2.24) is 5.32 Å². The molecule has 0 spiro atoms. The molecule has 1 aromatic carbocycles. The Bertz CT molecular complexity index is 470. The summed E-state index contributed by atoms with van der Waals surface area (Å²) < 4.78 is 6.21. The second-order valence-electron chi connectivity index (χ2n) is 6.50. The maximum absolute atomic E-state index is 6.21. The maximum atomic E-state index is 6.21. The maximum Gasteiger partial charge on any atom is 0.127 e. The van der Waals surface area contributed by atoms with Crippen LogP contribution in [0.2, 0.25) is 0 Å². The molecule has 2 nitrogen and oxygen atoms in total. The molecule has 2 aliphatic rings. The molecule has 1 atom stereocenters. The van der Waals surface area contributed by atoms with Crippen LogP contribution in [0.5, 0.6) is 5.75 Å². The lowest BCUT2D eigenvalue weighted by Gasteiger charge is -2.29. The summed E-state index contributed by atoms with van der Waals surface area (Å²) in [6, 6.07) is 4.50. The van der Waals surface area contributed by atoms with Crippen molar-refractivity contribution in [1.29, 1.82) is 0 Å². The minimum Gasteiger partial charge on any atom is -0.493 e. The van der Waals surface area contributed by atoms with Gasteiger partial charge in [-0.25, -0.2) is 0 Å². The molecule has 1 unspecified atom stereocenters. The van der Waals surface area contributed by atoms with Gasteiger partial charge in [-0.15, -0.1) is 0 Å². The van der Waals surface area contributed by atoms with Gasteiger partial charge in [0.15, 0.2) is 0 Å². The molecule has 2 fully saturated rings. The third-order valence-electron chi connectivity index (χ3n) is 4.80. The molecule has 0 radical (unpaired) electrons. The lowest BCUT2D eigenvalue weighted by atomic mass is 9.87. The van der Waals surface area contributed by atoms with Gasteiger partial charge < -0.3 is 10.1 Å². The number of hydrogen-bond acceptors (Lipinski definition) is 2. The van der Waals surface area contributed by atoms with E-state index < -0.39 is 0 Å². The topological polar surface area (TPSA) is 21.3 Å². The molecule has 0 bridgehead atoms. The van der Waals surface area contributed by atoms with Crippen LogP contribution in [-0.2, 0) is 5.54 Å². The lowest BCUT2D eigenvalue weighted by Crippen LogP contribution is -2.34. The normalized spacial score (nSPS) is 26.7. The van der Waals surface area contributed by atoms with Gasteiger partial charge in [-0.05, 0) is 70.0 Å². The Morgan fingerprint density at radius 1 is 1.32 bits per heavy atom. The largest absolute Gasteiger partial charge is 0.493 e. The average molecular weight is 259 g/mol. The molecular weight excluding hydrogens is 234 g/mol. The Morgan fingerprint density at radius 3 is 2.74 bits per heavy atom. The number of rotatable bonds is 4. The van der Waals surface area contributed by atoms with Crippen LogP contribution in [0.4, 0.5) is 0 Å². The number of benzene rings is 1. The summed E-state index contributed by atoms with van der Waals surface area (Å²) in [4.78, 5) is 0. The fourth-order valence-electron chi connectivity index (χ4n) is 3.02. The van der Waals surface area contributed by atoms with Crippen LogP contribution in [-0.4, -0.2) is 13.2 Å². The third kappa shape index (κ3) is 2.51. The number of aryl methyl sites for hydroxylation is 1. The van der Waals surface area contributed by atoms with Crippen molar-refractivity contribution in [2.45, 2.75) is 52.0 Å². The van der Waals surface area contributed by atoms with E-state index in [-0.39, 0.29) is 5.54 Å². The van der Waals surface area contributed by atoms with Crippen molar-refractivity contribution in [2.24, 2.45) is 5.92 Å². The highest BCUT2D eigenvalue weighted by Gasteiger charge is 2.34. The minimum atomic E-state index is 0.0946. The fourth-order valence-corrected chi connectivity index (χ4v) is 3.02. The van der Waals surface area contributed by atoms with Gasteiger partial charge in [-0.1, -0.05) is 12.1 Å². The molecular formula is C17H25NO. The van der Waals surface area contributed by atoms with E-state index in [1.165, 1.54) is 42.4 Å². The van der Waals surface area contributed by atoms with Crippen LogP contribution in [0.1, 0.15) is 49.3 Å². The Kier molecular flexibility index (Phi) is 3.30. The van der Waals surface area contributed by atoms with Crippen LogP contribution in [0.15, 0.2) is 12.1 Å². The molecule has 3 rings (SSSR count). The molecule has 1 aliphatic heterocycles. The average Bonchev–Trinajstić information content (AvgIpc) is 3.12. The molecule has 1 saturated heterocycles. The molecule has 0 amide bonds. The van der Waals surface area contributed by atoms with E-state index in [2.05, 4.69) is 38.2 Å². The predicted molar refractivity (Wildman–Crippen MR) is 78.7 cm³/mol. The quantitative estimate of drug-likeness (QED) is 0.890. The third-order valence-corrected chi connectivity index (χ3v) is 4.80. The molecule has 19 heavy (non-hydrogen) atoms. The Labute approximate surface area is 116 Å². The van der Waals surface area contributed by atoms with Gasteiger partial charge in [0.25, 0.3) is 0 Å². The summed E-state index contributed by atoms with van der Waals surface area (Å²) in [6.07, 6.45) is 5.15. The van der Waals surface area contributed by atoms with E-state index in [9.17, 15) is 0 Å². The zero-order valence-corrected chi connectivity index (χ0v) is 12.4. The van der Waals surface area contributed by atoms with Crippen molar-refractivity contribution < 1.29 is 4.74 Å². The highest BCUT2D eigenvalue weighted by atomic mass is 16.5. The van der Waals surface area contributed by atoms with Gasteiger partial charge in [-0.2, -0.15) is 0 Å². The van der Waals surface area contributed by atoms with Crippen LogP contribution < -0.4 is 10.1 Å². The van der Waals surface area contributed by atoms with E-state index in [1.54, 1.807) is 0 Å². The summed E-state index contributed by atoms with van der Waals surface area (Å²) in [7, 11) is 0. The van der Waals surface area contributed by atoms with Crippen LogP contribution in [0.25, 0.3) is 0 Å². The molecule has 1 aromatic rings. The smallest absolute Gasteiger partial charge is 0.127 e. The molecule has 0 aromatic heterocycles. The molecule has 1 aliphatic carbocycles. The molecule has 2 heteroatoms. The first-order valence-corrected chi connectivity index (χ1v) is 7.59.